The standard InChI is InChI=1S/C21H21N3O3/c1-13-6-5-8-16-20(13)17(22-24(21(16)27)12-19(25)26)10-14-11-23(2)18-9-4-3-7-15(14)18/h3-9,11,13,20H,10,12H2,1-2H3,(H,25,26). The molecule has 2 atom stereocenters. The lowest BCUT2D eigenvalue weighted by molar-refractivity contribution is -0.143. The number of carboxylic acids is 1. The minimum Gasteiger partial charge on any atom is -0.480 e. The number of carbonyl (C=O) groups is 2. The van der Waals surface area contributed by atoms with E-state index in [4.69, 9.17) is 5.11 Å². The summed E-state index contributed by atoms with van der Waals surface area (Å²) in [5.41, 5.74) is 3.71. The lowest BCUT2D eigenvalue weighted by atomic mass is 9.77. The van der Waals surface area contributed by atoms with Gasteiger partial charge in [0.2, 0.25) is 0 Å². The molecule has 2 heterocycles. The van der Waals surface area contributed by atoms with Crippen LogP contribution in [0.2, 0.25) is 0 Å². The molecule has 2 aliphatic rings. The second-order valence-electron chi connectivity index (χ2n) is 7.15. The lowest BCUT2D eigenvalue weighted by Crippen LogP contribution is -2.44. The minimum atomic E-state index is -1.07. The number of fused-ring (bicyclic) bond motifs is 2. The largest absolute Gasteiger partial charge is 0.480 e. The van der Waals surface area contributed by atoms with Crippen LogP contribution in [0, 0.1) is 11.8 Å². The highest BCUT2D eigenvalue weighted by molar-refractivity contribution is 6.08. The summed E-state index contributed by atoms with van der Waals surface area (Å²) in [5, 5.41) is 15.9. The van der Waals surface area contributed by atoms with Crippen LogP contribution < -0.4 is 0 Å². The van der Waals surface area contributed by atoms with Crippen molar-refractivity contribution in [2.45, 2.75) is 13.3 Å². The first kappa shape index (κ1) is 17.3. The topological polar surface area (TPSA) is 74.9 Å². The highest BCUT2D eigenvalue weighted by atomic mass is 16.4. The summed E-state index contributed by atoms with van der Waals surface area (Å²) < 4.78 is 2.08. The van der Waals surface area contributed by atoms with Gasteiger partial charge in [0.05, 0.1) is 5.71 Å². The van der Waals surface area contributed by atoms with E-state index in [9.17, 15) is 9.59 Å². The van der Waals surface area contributed by atoms with Gasteiger partial charge >= 0.3 is 5.97 Å². The van der Waals surface area contributed by atoms with Crippen LogP contribution in [0.3, 0.4) is 0 Å². The molecule has 0 radical (unpaired) electrons. The molecule has 2 aromatic rings. The van der Waals surface area contributed by atoms with Crippen molar-refractivity contribution in [2.24, 2.45) is 24.0 Å². The summed E-state index contributed by atoms with van der Waals surface area (Å²) in [6.07, 6.45) is 8.38. The smallest absolute Gasteiger partial charge is 0.325 e. The fraction of sp³-hybridized carbons (Fsp3) is 0.286. The van der Waals surface area contributed by atoms with E-state index in [1.807, 2.05) is 25.3 Å². The number of nitrogens with zero attached hydrogens (tertiary/aromatic N) is 3. The normalized spacial score (nSPS) is 21.9. The van der Waals surface area contributed by atoms with Crippen molar-refractivity contribution in [3.8, 4) is 0 Å². The molecule has 138 valence electrons. The van der Waals surface area contributed by atoms with E-state index in [0.29, 0.717) is 12.0 Å². The van der Waals surface area contributed by atoms with E-state index in [2.05, 4.69) is 41.0 Å². The minimum absolute atomic E-state index is 0.119. The summed E-state index contributed by atoms with van der Waals surface area (Å²) in [4.78, 5) is 23.9. The molecule has 1 aliphatic heterocycles. The van der Waals surface area contributed by atoms with Gasteiger partial charge in [0.25, 0.3) is 5.91 Å². The van der Waals surface area contributed by atoms with Gasteiger partial charge in [-0.2, -0.15) is 5.10 Å². The van der Waals surface area contributed by atoms with Crippen LogP contribution in [0.5, 0.6) is 0 Å². The Hall–Kier alpha value is -3.15. The van der Waals surface area contributed by atoms with Gasteiger partial charge < -0.3 is 9.67 Å². The van der Waals surface area contributed by atoms with E-state index in [-0.39, 0.29) is 17.7 Å². The first-order valence-corrected chi connectivity index (χ1v) is 8.98. The van der Waals surface area contributed by atoms with Gasteiger partial charge in [-0.25, -0.2) is 5.01 Å². The molecule has 0 fully saturated rings. The summed E-state index contributed by atoms with van der Waals surface area (Å²) in [7, 11) is 2.01. The van der Waals surface area contributed by atoms with E-state index in [1.165, 1.54) is 0 Å². The van der Waals surface area contributed by atoms with Crippen molar-refractivity contribution in [3.63, 3.8) is 0 Å². The van der Waals surface area contributed by atoms with Crippen molar-refractivity contribution < 1.29 is 14.7 Å². The number of allylic oxidation sites excluding steroid dienone is 3. The van der Waals surface area contributed by atoms with Gasteiger partial charge in [-0.3, -0.25) is 9.59 Å². The lowest BCUT2D eigenvalue weighted by Gasteiger charge is -2.34. The van der Waals surface area contributed by atoms with Crippen LogP contribution in [0.1, 0.15) is 12.5 Å². The van der Waals surface area contributed by atoms with Gasteiger partial charge in [-0.15, -0.1) is 0 Å². The highest BCUT2D eigenvalue weighted by Gasteiger charge is 2.38. The number of rotatable bonds is 4. The van der Waals surface area contributed by atoms with E-state index in [1.54, 1.807) is 6.08 Å². The summed E-state index contributed by atoms with van der Waals surface area (Å²) in [6, 6.07) is 8.16. The Morgan fingerprint density at radius 1 is 1.30 bits per heavy atom. The van der Waals surface area contributed by atoms with Gasteiger partial charge in [0, 0.05) is 42.1 Å². The Labute approximate surface area is 157 Å². The number of hydrogen-bond donors (Lipinski definition) is 1. The third-order valence-electron chi connectivity index (χ3n) is 5.28. The number of hydrazone groups is 1. The molecule has 1 amide bonds. The Morgan fingerprint density at radius 2 is 2.07 bits per heavy atom. The van der Waals surface area contributed by atoms with Crippen molar-refractivity contribution in [2.75, 3.05) is 6.54 Å². The third-order valence-corrected chi connectivity index (χ3v) is 5.28. The first-order chi connectivity index (χ1) is 13.0. The number of carboxylic acid groups (broad SMARTS) is 1. The van der Waals surface area contributed by atoms with Crippen LogP contribution in [0.25, 0.3) is 10.9 Å². The molecule has 1 N–H and O–H groups in total. The maximum atomic E-state index is 12.7. The number of aryl methyl sites for hydroxylation is 1. The monoisotopic (exact) mass is 363 g/mol. The number of aromatic nitrogens is 1. The Balaban J connectivity index is 1.78. The molecule has 1 aromatic carbocycles. The molecule has 2 unspecified atom stereocenters. The maximum Gasteiger partial charge on any atom is 0.325 e. The number of hydrogen-bond acceptors (Lipinski definition) is 3. The molecule has 0 bridgehead atoms. The number of benzene rings is 1. The molecular formula is C21H21N3O3. The summed E-state index contributed by atoms with van der Waals surface area (Å²) in [6.45, 7) is 1.63. The van der Waals surface area contributed by atoms with E-state index >= 15 is 0 Å². The first-order valence-electron chi connectivity index (χ1n) is 8.98. The van der Waals surface area contributed by atoms with Crippen LogP contribution in [-0.4, -0.2) is 38.8 Å². The molecular weight excluding hydrogens is 342 g/mol. The Morgan fingerprint density at radius 3 is 2.85 bits per heavy atom. The maximum absolute atomic E-state index is 12.7. The number of carbonyl (C=O) groups excluding carboxylic acids is 1. The fourth-order valence-electron chi connectivity index (χ4n) is 4.07. The van der Waals surface area contributed by atoms with Gasteiger partial charge in [0.15, 0.2) is 0 Å². The third kappa shape index (κ3) is 2.97. The van der Waals surface area contributed by atoms with Crippen LogP contribution in [0.15, 0.2) is 59.4 Å². The number of aliphatic carboxylic acids is 1. The zero-order chi connectivity index (χ0) is 19.1. The molecule has 27 heavy (non-hydrogen) atoms. The van der Waals surface area contributed by atoms with E-state index in [0.717, 1.165) is 27.2 Å². The quantitative estimate of drug-likeness (QED) is 0.908. The summed E-state index contributed by atoms with van der Waals surface area (Å²) in [5.74, 6) is -1.38. The predicted octanol–water partition coefficient (Wildman–Crippen LogP) is 2.75. The van der Waals surface area contributed by atoms with Crippen molar-refractivity contribution >= 4 is 28.5 Å². The van der Waals surface area contributed by atoms with Gasteiger partial charge in [0.1, 0.15) is 6.54 Å². The molecule has 0 spiro atoms. The van der Waals surface area contributed by atoms with Gasteiger partial charge in [-0.1, -0.05) is 43.4 Å². The molecule has 0 saturated carbocycles. The highest BCUT2D eigenvalue weighted by Crippen LogP contribution is 2.34. The van der Waals surface area contributed by atoms with Gasteiger partial charge in [-0.05, 0) is 17.5 Å². The van der Waals surface area contributed by atoms with Crippen molar-refractivity contribution in [3.05, 3.63) is 59.8 Å². The predicted molar refractivity (Wildman–Crippen MR) is 103 cm³/mol. The van der Waals surface area contributed by atoms with Crippen LogP contribution in [-0.2, 0) is 23.1 Å². The Kier molecular flexibility index (Phi) is 4.18. The molecule has 6 heteroatoms. The molecule has 6 nitrogen and oxygen atoms in total. The van der Waals surface area contributed by atoms with E-state index < -0.39 is 12.5 Å². The summed E-state index contributed by atoms with van der Waals surface area (Å²) >= 11 is 0. The average Bonchev–Trinajstić information content (AvgIpc) is 2.95. The zero-order valence-corrected chi connectivity index (χ0v) is 15.3. The second-order valence-corrected chi connectivity index (χ2v) is 7.15. The van der Waals surface area contributed by atoms with Crippen molar-refractivity contribution in [1.82, 2.24) is 9.58 Å². The molecule has 1 aromatic heterocycles. The fourth-order valence-corrected chi connectivity index (χ4v) is 4.07. The molecule has 4 rings (SSSR count). The number of para-hydroxylation sites is 1. The average molecular weight is 363 g/mol. The van der Waals surface area contributed by atoms with Crippen LogP contribution >= 0.6 is 0 Å². The molecule has 0 saturated heterocycles. The SMILES string of the molecule is CC1C=CC=C2C(=O)N(CC(=O)O)N=C(Cc3cn(C)c4ccccc34)C21. The number of amides is 1. The Bertz CT molecular complexity index is 1030. The molecule has 1 aliphatic carbocycles. The van der Waals surface area contributed by atoms with Crippen molar-refractivity contribution in [1.29, 1.82) is 0 Å². The second kappa shape index (κ2) is 6.54. The van der Waals surface area contributed by atoms with Crippen LogP contribution in [0.4, 0.5) is 0 Å². The zero-order valence-electron chi connectivity index (χ0n) is 15.3.